The third-order valence-corrected chi connectivity index (χ3v) is 3.14. The van der Waals surface area contributed by atoms with Crippen LogP contribution in [0, 0.1) is 6.92 Å². The largest absolute Gasteiger partial charge is 0.384 e. The molecular formula is C16H23N5. The fourth-order valence-corrected chi connectivity index (χ4v) is 2.00. The monoisotopic (exact) mass is 285 g/mol. The van der Waals surface area contributed by atoms with E-state index in [-0.39, 0.29) is 5.41 Å². The number of aryl methyl sites for hydroxylation is 1. The van der Waals surface area contributed by atoms with Gasteiger partial charge in [0.15, 0.2) is 0 Å². The highest BCUT2D eigenvalue weighted by Gasteiger charge is 2.19. The van der Waals surface area contributed by atoms with Crippen LogP contribution in [0.25, 0.3) is 0 Å². The Kier molecular flexibility index (Phi) is 4.11. The molecule has 0 unspecified atom stereocenters. The molecule has 0 amide bonds. The van der Waals surface area contributed by atoms with E-state index in [0.29, 0.717) is 12.4 Å². The predicted molar refractivity (Wildman–Crippen MR) is 86.2 cm³/mol. The number of aromatic nitrogens is 3. The van der Waals surface area contributed by atoms with Gasteiger partial charge in [0.1, 0.15) is 17.5 Å². The second-order valence-corrected chi connectivity index (χ2v) is 6.35. The third-order valence-electron chi connectivity index (χ3n) is 3.14. The SMILES string of the molecule is Cc1cccc(CN(C)c2cc(N)nc(C(C)(C)C)n2)n1. The minimum Gasteiger partial charge on any atom is -0.384 e. The summed E-state index contributed by atoms with van der Waals surface area (Å²) in [5.74, 6) is 2.06. The van der Waals surface area contributed by atoms with Crippen LogP contribution in [0.5, 0.6) is 0 Å². The maximum absolute atomic E-state index is 5.92. The van der Waals surface area contributed by atoms with Gasteiger partial charge in [-0.05, 0) is 19.1 Å². The van der Waals surface area contributed by atoms with Crippen molar-refractivity contribution < 1.29 is 0 Å². The maximum Gasteiger partial charge on any atom is 0.138 e. The normalized spacial score (nSPS) is 11.5. The maximum atomic E-state index is 5.92. The van der Waals surface area contributed by atoms with Gasteiger partial charge in [0.25, 0.3) is 0 Å². The second-order valence-electron chi connectivity index (χ2n) is 6.35. The fraction of sp³-hybridized carbons (Fsp3) is 0.438. The lowest BCUT2D eigenvalue weighted by atomic mass is 9.96. The van der Waals surface area contributed by atoms with Crippen LogP contribution < -0.4 is 10.6 Å². The van der Waals surface area contributed by atoms with Gasteiger partial charge in [-0.25, -0.2) is 9.97 Å². The molecular weight excluding hydrogens is 262 g/mol. The molecule has 2 rings (SSSR count). The molecule has 112 valence electrons. The van der Waals surface area contributed by atoms with Crippen LogP contribution in [-0.4, -0.2) is 22.0 Å². The minimum atomic E-state index is -0.132. The topological polar surface area (TPSA) is 67.9 Å². The molecule has 0 saturated heterocycles. The average molecular weight is 285 g/mol. The van der Waals surface area contributed by atoms with E-state index in [2.05, 4.69) is 35.7 Å². The fourth-order valence-electron chi connectivity index (χ4n) is 2.00. The number of nitrogen functional groups attached to an aromatic ring is 1. The van der Waals surface area contributed by atoms with E-state index >= 15 is 0 Å². The van der Waals surface area contributed by atoms with Crippen LogP contribution in [0.3, 0.4) is 0 Å². The molecule has 21 heavy (non-hydrogen) atoms. The van der Waals surface area contributed by atoms with Crippen LogP contribution in [-0.2, 0) is 12.0 Å². The zero-order valence-electron chi connectivity index (χ0n) is 13.4. The average Bonchev–Trinajstić information content (AvgIpc) is 2.37. The van der Waals surface area contributed by atoms with E-state index in [1.165, 1.54) is 0 Å². The van der Waals surface area contributed by atoms with Gasteiger partial charge in [0.2, 0.25) is 0 Å². The second kappa shape index (κ2) is 5.68. The van der Waals surface area contributed by atoms with Crippen molar-refractivity contribution >= 4 is 11.6 Å². The number of anilines is 2. The van der Waals surface area contributed by atoms with Gasteiger partial charge in [-0.15, -0.1) is 0 Å². The van der Waals surface area contributed by atoms with E-state index in [1.807, 2.05) is 37.1 Å². The van der Waals surface area contributed by atoms with Crippen molar-refractivity contribution in [3.05, 3.63) is 41.5 Å². The zero-order chi connectivity index (χ0) is 15.6. The van der Waals surface area contributed by atoms with Crippen molar-refractivity contribution in [1.82, 2.24) is 15.0 Å². The number of nitrogens with zero attached hydrogens (tertiary/aromatic N) is 4. The van der Waals surface area contributed by atoms with Crippen LogP contribution in [0.4, 0.5) is 11.6 Å². The van der Waals surface area contributed by atoms with Crippen molar-refractivity contribution in [2.45, 2.75) is 39.7 Å². The number of rotatable bonds is 3. The van der Waals surface area contributed by atoms with E-state index in [0.717, 1.165) is 23.0 Å². The molecule has 0 radical (unpaired) electrons. The van der Waals surface area contributed by atoms with Gasteiger partial charge < -0.3 is 10.6 Å². The van der Waals surface area contributed by atoms with Crippen molar-refractivity contribution in [3.8, 4) is 0 Å². The third kappa shape index (κ3) is 3.90. The number of pyridine rings is 1. The van der Waals surface area contributed by atoms with Crippen molar-refractivity contribution in [3.63, 3.8) is 0 Å². The van der Waals surface area contributed by atoms with E-state index < -0.39 is 0 Å². The summed E-state index contributed by atoms with van der Waals surface area (Å²) in [6.45, 7) is 8.90. The molecule has 0 saturated carbocycles. The molecule has 2 aromatic rings. The summed E-state index contributed by atoms with van der Waals surface area (Å²) in [5, 5.41) is 0. The first-order chi connectivity index (χ1) is 9.75. The summed E-state index contributed by atoms with van der Waals surface area (Å²) in [4.78, 5) is 15.5. The Labute approximate surface area is 126 Å². The molecule has 0 aliphatic rings. The molecule has 0 fully saturated rings. The highest BCUT2D eigenvalue weighted by molar-refractivity contribution is 5.47. The van der Waals surface area contributed by atoms with E-state index in [9.17, 15) is 0 Å². The van der Waals surface area contributed by atoms with Crippen LogP contribution >= 0.6 is 0 Å². The molecule has 0 aliphatic carbocycles. The Bertz CT molecular complexity index is 631. The standard InChI is InChI=1S/C16H23N5/c1-11-7-6-8-12(18-11)10-21(5)14-9-13(17)19-15(20-14)16(2,3)4/h6-9H,10H2,1-5H3,(H2,17,19,20). The van der Waals surface area contributed by atoms with Gasteiger partial charge in [-0.2, -0.15) is 0 Å². The predicted octanol–water partition coefficient (Wildman–Crippen LogP) is 2.70. The van der Waals surface area contributed by atoms with Gasteiger partial charge in [-0.3, -0.25) is 4.98 Å². The first-order valence-corrected chi connectivity index (χ1v) is 7.04. The van der Waals surface area contributed by atoms with Gasteiger partial charge in [0.05, 0.1) is 12.2 Å². The molecule has 0 atom stereocenters. The van der Waals surface area contributed by atoms with Crippen LogP contribution in [0.2, 0.25) is 0 Å². The molecule has 5 heteroatoms. The van der Waals surface area contributed by atoms with Crippen molar-refractivity contribution in [2.24, 2.45) is 0 Å². The van der Waals surface area contributed by atoms with Gasteiger partial charge in [-0.1, -0.05) is 26.8 Å². The molecule has 0 bridgehead atoms. The van der Waals surface area contributed by atoms with Gasteiger partial charge in [0, 0.05) is 24.2 Å². The van der Waals surface area contributed by atoms with Crippen molar-refractivity contribution in [1.29, 1.82) is 0 Å². The van der Waals surface area contributed by atoms with E-state index in [1.54, 1.807) is 6.07 Å². The Hall–Kier alpha value is -2.17. The smallest absolute Gasteiger partial charge is 0.138 e. The summed E-state index contributed by atoms with van der Waals surface area (Å²) in [7, 11) is 1.98. The minimum absolute atomic E-state index is 0.132. The lowest BCUT2D eigenvalue weighted by Crippen LogP contribution is -2.23. The summed E-state index contributed by atoms with van der Waals surface area (Å²) in [5.41, 5.74) is 7.80. The van der Waals surface area contributed by atoms with Crippen LogP contribution in [0.15, 0.2) is 24.3 Å². The molecule has 2 N–H and O–H groups in total. The first-order valence-electron chi connectivity index (χ1n) is 7.04. The zero-order valence-corrected chi connectivity index (χ0v) is 13.4. The lowest BCUT2D eigenvalue weighted by Gasteiger charge is -2.22. The van der Waals surface area contributed by atoms with Gasteiger partial charge >= 0.3 is 0 Å². The quantitative estimate of drug-likeness (QED) is 0.939. The van der Waals surface area contributed by atoms with E-state index in [4.69, 9.17) is 5.73 Å². The molecule has 5 nitrogen and oxygen atoms in total. The Morgan fingerprint density at radius 3 is 2.48 bits per heavy atom. The molecule has 2 aromatic heterocycles. The molecule has 0 aromatic carbocycles. The Morgan fingerprint density at radius 1 is 1.14 bits per heavy atom. The highest BCUT2D eigenvalue weighted by Crippen LogP contribution is 2.23. The number of hydrogen-bond donors (Lipinski definition) is 1. The molecule has 0 aliphatic heterocycles. The Morgan fingerprint density at radius 2 is 1.86 bits per heavy atom. The summed E-state index contributed by atoms with van der Waals surface area (Å²) < 4.78 is 0. The summed E-state index contributed by atoms with van der Waals surface area (Å²) in [6.07, 6.45) is 0. The molecule has 0 spiro atoms. The first kappa shape index (κ1) is 15.2. The highest BCUT2D eigenvalue weighted by atomic mass is 15.2. The molecule has 2 heterocycles. The Balaban J connectivity index is 2.27. The van der Waals surface area contributed by atoms with Crippen LogP contribution in [0.1, 0.15) is 38.0 Å². The number of hydrogen-bond acceptors (Lipinski definition) is 5. The summed E-state index contributed by atoms with van der Waals surface area (Å²) in [6, 6.07) is 7.81. The number of nitrogens with two attached hydrogens (primary N) is 1. The lowest BCUT2D eigenvalue weighted by molar-refractivity contribution is 0.545. The van der Waals surface area contributed by atoms with Crippen molar-refractivity contribution in [2.75, 3.05) is 17.7 Å². The summed E-state index contributed by atoms with van der Waals surface area (Å²) >= 11 is 0.